The highest BCUT2D eigenvalue weighted by molar-refractivity contribution is 6.25. The van der Waals surface area contributed by atoms with Gasteiger partial charge in [0, 0.05) is 21.9 Å². The second-order valence-corrected chi connectivity index (χ2v) is 9.01. The van der Waals surface area contributed by atoms with E-state index in [1.807, 2.05) is 49.9 Å². The third kappa shape index (κ3) is 3.53. The summed E-state index contributed by atoms with van der Waals surface area (Å²) in [6.07, 6.45) is 0. The van der Waals surface area contributed by atoms with Gasteiger partial charge in [0.25, 0.3) is 11.8 Å². The largest absolute Gasteiger partial charge is 0.331 e. The highest BCUT2D eigenvalue weighted by atomic mass is 16.2. The van der Waals surface area contributed by atoms with Gasteiger partial charge in [0.05, 0.1) is 39.3 Å². The summed E-state index contributed by atoms with van der Waals surface area (Å²) in [5, 5.41) is 1.69. The molecular weight excluding hydrogens is 366 g/mol. The summed E-state index contributed by atoms with van der Waals surface area (Å²) in [6.45, 7) is 10.0. The predicted octanol–water partition coefficient (Wildman–Crippen LogP) is 1.21. The van der Waals surface area contributed by atoms with Crippen LogP contribution in [0.25, 0.3) is 10.8 Å². The standard InChI is InChI=1S/C23H27N3O3/c1-23(2,3)22(29)25-13-10-24(11-14-25)12-15-26-20(27)17-8-4-6-16-7-5-9-18(19(16)17)21(26)28/h4-9H,10-15H2,1-3H3/p+1. The van der Waals surface area contributed by atoms with E-state index >= 15 is 0 Å². The lowest BCUT2D eigenvalue weighted by Gasteiger charge is -2.36. The van der Waals surface area contributed by atoms with E-state index in [2.05, 4.69) is 0 Å². The van der Waals surface area contributed by atoms with Gasteiger partial charge < -0.3 is 9.80 Å². The molecule has 6 heteroatoms. The second kappa shape index (κ2) is 7.26. The molecule has 0 radical (unpaired) electrons. The van der Waals surface area contributed by atoms with Crippen LogP contribution < -0.4 is 4.90 Å². The van der Waals surface area contributed by atoms with Crippen molar-refractivity contribution < 1.29 is 19.3 Å². The van der Waals surface area contributed by atoms with E-state index in [0.29, 0.717) is 24.2 Å². The van der Waals surface area contributed by atoms with E-state index in [1.165, 1.54) is 9.80 Å². The fraction of sp³-hybridized carbons (Fsp3) is 0.435. The Kier molecular flexibility index (Phi) is 4.90. The Bertz CT molecular complexity index is 934. The van der Waals surface area contributed by atoms with E-state index in [4.69, 9.17) is 0 Å². The Hall–Kier alpha value is -2.73. The average Bonchev–Trinajstić information content (AvgIpc) is 2.71. The summed E-state index contributed by atoms with van der Waals surface area (Å²) in [6, 6.07) is 11.2. The van der Waals surface area contributed by atoms with Crippen LogP contribution in [0.3, 0.4) is 0 Å². The highest BCUT2D eigenvalue weighted by Gasteiger charge is 2.34. The van der Waals surface area contributed by atoms with Crippen LogP contribution >= 0.6 is 0 Å². The molecule has 2 heterocycles. The van der Waals surface area contributed by atoms with Crippen molar-refractivity contribution in [2.45, 2.75) is 20.8 Å². The van der Waals surface area contributed by atoms with Gasteiger partial charge >= 0.3 is 0 Å². The van der Waals surface area contributed by atoms with Crippen molar-refractivity contribution >= 4 is 28.5 Å². The molecule has 2 aliphatic rings. The molecular formula is C23H28N3O3+. The molecule has 6 nitrogen and oxygen atoms in total. The maximum absolute atomic E-state index is 13.0. The topological polar surface area (TPSA) is 62.1 Å². The Morgan fingerprint density at radius 3 is 2.03 bits per heavy atom. The van der Waals surface area contributed by atoms with Gasteiger partial charge in [-0.1, -0.05) is 45.0 Å². The number of hydrogen-bond donors (Lipinski definition) is 1. The van der Waals surface area contributed by atoms with Crippen molar-refractivity contribution in [2.24, 2.45) is 5.41 Å². The SMILES string of the molecule is CC(C)(C)C(=O)N1CC[NH+](CCN2C(=O)c3cccc4cccc(c34)C2=O)CC1. The van der Waals surface area contributed by atoms with Crippen LogP contribution in [0.2, 0.25) is 0 Å². The molecule has 2 aliphatic heterocycles. The van der Waals surface area contributed by atoms with Crippen molar-refractivity contribution in [3.63, 3.8) is 0 Å². The molecule has 0 aromatic heterocycles. The van der Waals surface area contributed by atoms with Gasteiger partial charge in [-0.2, -0.15) is 0 Å². The number of imide groups is 1. The molecule has 0 atom stereocenters. The summed E-state index contributed by atoms with van der Waals surface area (Å²) >= 11 is 0. The number of nitrogens with one attached hydrogen (secondary N) is 1. The molecule has 1 saturated heterocycles. The first-order valence-electron chi connectivity index (χ1n) is 10.3. The second-order valence-electron chi connectivity index (χ2n) is 9.01. The van der Waals surface area contributed by atoms with E-state index < -0.39 is 0 Å². The van der Waals surface area contributed by atoms with Crippen molar-refractivity contribution in [1.29, 1.82) is 0 Å². The highest BCUT2D eigenvalue weighted by Crippen LogP contribution is 2.29. The van der Waals surface area contributed by atoms with E-state index in [0.717, 1.165) is 37.0 Å². The van der Waals surface area contributed by atoms with Gasteiger partial charge in [-0.3, -0.25) is 19.3 Å². The van der Waals surface area contributed by atoms with Gasteiger partial charge in [0.2, 0.25) is 5.91 Å². The number of quaternary nitrogens is 1. The maximum Gasteiger partial charge on any atom is 0.261 e. The molecule has 1 fully saturated rings. The summed E-state index contributed by atoms with van der Waals surface area (Å²) in [4.78, 5) is 43.0. The van der Waals surface area contributed by atoms with E-state index in [9.17, 15) is 14.4 Å². The van der Waals surface area contributed by atoms with Crippen molar-refractivity contribution in [3.8, 4) is 0 Å². The van der Waals surface area contributed by atoms with Crippen LogP contribution in [0.15, 0.2) is 36.4 Å². The fourth-order valence-corrected chi connectivity index (χ4v) is 4.30. The predicted molar refractivity (Wildman–Crippen MR) is 111 cm³/mol. The number of carbonyl (C=O) groups is 3. The zero-order valence-electron chi connectivity index (χ0n) is 17.3. The van der Waals surface area contributed by atoms with Crippen LogP contribution in [0.1, 0.15) is 41.5 Å². The Morgan fingerprint density at radius 2 is 1.52 bits per heavy atom. The van der Waals surface area contributed by atoms with E-state index in [1.54, 1.807) is 12.1 Å². The van der Waals surface area contributed by atoms with Gasteiger partial charge in [-0.05, 0) is 17.5 Å². The van der Waals surface area contributed by atoms with Gasteiger partial charge in [0.1, 0.15) is 0 Å². The minimum atomic E-state index is -0.363. The quantitative estimate of drug-likeness (QED) is 0.796. The monoisotopic (exact) mass is 394 g/mol. The summed E-state index contributed by atoms with van der Waals surface area (Å²) in [7, 11) is 0. The van der Waals surface area contributed by atoms with Crippen LogP contribution in [0, 0.1) is 5.41 Å². The van der Waals surface area contributed by atoms with Crippen molar-refractivity contribution in [1.82, 2.24) is 9.80 Å². The third-order valence-corrected chi connectivity index (χ3v) is 5.94. The van der Waals surface area contributed by atoms with Crippen molar-refractivity contribution in [3.05, 3.63) is 47.5 Å². The molecule has 3 amide bonds. The first-order chi connectivity index (χ1) is 13.8. The minimum Gasteiger partial charge on any atom is -0.331 e. The molecule has 0 aliphatic carbocycles. The summed E-state index contributed by atoms with van der Waals surface area (Å²) < 4.78 is 0. The molecule has 0 saturated carbocycles. The van der Waals surface area contributed by atoms with Gasteiger partial charge in [-0.15, -0.1) is 0 Å². The van der Waals surface area contributed by atoms with Crippen LogP contribution in [-0.2, 0) is 4.79 Å². The molecule has 1 N–H and O–H groups in total. The number of amides is 3. The number of carbonyl (C=O) groups excluding carboxylic acids is 3. The zero-order valence-corrected chi connectivity index (χ0v) is 17.3. The van der Waals surface area contributed by atoms with Gasteiger partial charge in [-0.25, -0.2) is 0 Å². The molecule has 29 heavy (non-hydrogen) atoms. The molecule has 0 bridgehead atoms. The average molecular weight is 394 g/mol. The van der Waals surface area contributed by atoms with Crippen LogP contribution in [0.4, 0.5) is 0 Å². The molecule has 152 valence electrons. The van der Waals surface area contributed by atoms with Crippen LogP contribution in [-0.4, -0.2) is 66.8 Å². The summed E-state index contributed by atoms with van der Waals surface area (Å²) in [5.74, 6) is -0.233. The Morgan fingerprint density at radius 1 is 0.966 bits per heavy atom. The fourth-order valence-electron chi connectivity index (χ4n) is 4.30. The number of rotatable bonds is 3. The number of benzene rings is 2. The first kappa shape index (κ1) is 19.6. The lowest BCUT2D eigenvalue weighted by molar-refractivity contribution is -0.903. The van der Waals surface area contributed by atoms with Crippen molar-refractivity contribution in [2.75, 3.05) is 39.3 Å². The lowest BCUT2D eigenvalue weighted by atomic mass is 9.94. The normalized spacial score (nSPS) is 17.9. The minimum absolute atomic E-state index is 0.183. The maximum atomic E-state index is 13.0. The number of hydrogen-bond acceptors (Lipinski definition) is 3. The Labute approximate surface area is 171 Å². The smallest absolute Gasteiger partial charge is 0.261 e. The zero-order chi connectivity index (χ0) is 20.8. The third-order valence-electron chi connectivity index (χ3n) is 5.94. The van der Waals surface area contributed by atoms with Gasteiger partial charge in [0.15, 0.2) is 0 Å². The molecule has 2 aromatic carbocycles. The molecule has 0 spiro atoms. The molecule has 4 rings (SSSR count). The number of piperazine rings is 1. The number of nitrogens with zero attached hydrogens (tertiary/aromatic N) is 2. The Balaban J connectivity index is 1.42. The van der Waals surface area contributed by atoms with Crippen LogP contribution in [0.5, 0.6) is 0 Å². The lowest BCUT2D eigenvalue weighted by Crippen LogP contribution is -3.15. The first-order valence-corrected chi connectivity index (χ1v) is 10.3. The molecule has 2 aromatic rings. The summed E-state index contributed by atoms with van der Waals surface area (Å²) in [5.41, 5.74) is 0.847. The molecule has 0 unspecified atom stereocenters. The van der Waals surface area contributed by atoms with E-state index in [-0.39, 0.29) is 23.1 Å².